The lowest BCUT2D eigenvalue weighted by atomic mass is 10.1. The fraction of sp³-hybridized carbons (Fsp3) is 0.333. The van der Waals surface area contributed by atoms with E-state index in [0.29, 0.717) is 0 Å². The third-order valence-corrected chi connectivity index (χ3v) is 3.46. The molecule has 0 radical (unpaired) electrons. The topological polar surface area (TPSA) is 25.6 Å². The summed E-state index contributed by atoms with van der Waals surface area (Å²) in [6.07, 6.45) is 3.30. The molecular formula is C15H17NO2. The van der Waals surface area contributed by atoms with E-state index in [0.717, 1.165) is 42.0 Å². The fourth-order valence-corrected chi connectivity index (χ4v) is 2.29. The summed E-state index contributed by atoms with van der Waals surface area (Å²) < 4.78 is 11.1. The molecule has 1 aliphatic heterocycles. The Balaban J connectivity index is 1.98. The van der Waals surface area contributed by atoms with Gasteiger partial charge >= 0.3 is 0 Å². The van der Waals surface area contributed by atoms with Crippen LogP contribution in [0.25, 0.3) is 16.5 Å². The van der Waals surface area contributed by atoms with Gasteiger partial charge in [0.2, 0.25) is 0 Å². The van der Waals surface area contributed by atoms with Crippen molar-refractivity contribution in [3.63, 3.8) is 0 Å². The Morgan fingerprint density at radius 1 is 1.28 bits per heavy atom. The third kappa shape index (κ3) is 2.02. The van der Waals surface area contributed by atoms with E-state index in [4.69, 9.17) is 9.15 Å². The number of ether oxygens (including phenoxy) is 1. The van der Waals surface area contributed by atoms with Gasteiger partial charge in [-0.3, -0.25) is 0 Å². The molecule has 3 nitrogen and oxygen atoms in total. The summed E-state index contributed by atoms with van der Waals surface area (Å²) in [6, 6.07) is 8.06. The Labute approximate surface area is 107 Å². The second-order valence-electron chi connectivity index (χ2n) is 4.76. The molecule has 0 bridgehead atoms. The van der Waals surface area contributed by atoms with Crippen LogP contribution in [-0.2, 0) is 0 Å². The number of nitrogens with zero attached hydrogens (tertiary/aromatic N) is 1. The Hall–Kier alpha value is -1.74. The average molecular weight is 243 g/mol. The second kappa shape index (κ2) is 4.50. The quantitative estimate of drug-likeness (QED) is 0.810. The monoisotopic (exact) mass is 243 g/mol. The van der Waals surface area contributed by atoms with Gasteiger partial charge in [0.15, 0.2) is 0 Å². The maximum Gasteiger partial charge on any atom is 0.138 e. The maximum absolute atomic E-state index is 5.92. The van der Waals surface area contributed by atoms with Crippen LogP contribution in [0.3, 0.4) is 0 Å². The molecule has 94 valence electrons. The Kier molecular flexibility index (Phi) is 2.84. The summed E-state index contributed by atoms with van der Waals surface area (Å²) in [5.41, 5.74) is 2.20. The van der Waals surface area contributed by atoms with E-state index in [2.05, 4.69) is 24.1 Å². The predicted octanol–water partition coefficient (Wildman–Crippen LogP) is 3.16. The van der Waals surface area contributed by atoms with Crippen molar-refractivity contribution in [3.8, 4) is 5.75 Å². The first-order valence-corrected chi connectivity index (χ1v) is 6.22. The largest absolute Gasteiger partial charge is 0.497 e. The SMILES string of the molecule is COc1ccc2cc(C3=CCN(C)CC3)oc2c1. The van der Waals surface area contributed by atoms with Crippen LogP contribution in [-0.4, -0.2) is 32.1 Å². The molecule has 0 aliphatic carbocycles. The van der Waals surface area contributed by atoms with Crippen molar-refractivity contribution in [3.05, 3.63) is 36.1 Å². The fourth-order valence-electron chi connectivity index (χ4n) is 2.29. The molecule has 0 amide bonds. The van der Waals surface area contributed by atoms with E-state index < -0.39 is 0 Å². The van der Waals surface area contributed by atoms with Crippen LogP contribution in [0.2, 0.25) is 0 Å². The number of fused-ring (bicyclic) bond motifs is 1. The normalized spacial score (nSPS) is 16.9. The summed E-state index contributed by atoms with van der Waals surface area (Å²) in [5, 5.41) is 1.13. The van der Waals surface area contributed by atoms with E-state index in [1.54, 1.807) is 7.11 Å². The van der Waals surface area contributed by atoms with Crippen molar-refractivity contribution in [1.82, 2.24) is 4.90 Å². The third-order valence-electron chi connectivity index (χ3n) is 3.46. The molecule has 2 aromatic rings. The molecule has 0 saturated carbocycles. The first-order valence-electron chi connectivity index (χ1n) is 6.22. The number of methoxy groups -OCH3 is 1. The smallest absolute Gasteiger partial charge is 0.138 e. The lowest BCUT2D eigenvalue weighted by molar-refractivity contribution is 0.368. The predicted molar refractivity (Wildman–Crippen MR) is 72.9 cm³/mol. The van der Waals surface area contributed by atoms with E-state index in [-0.39, 0.29) is 0 Å². The van der Waals surface area contributed by atoms with Crippen LogP contribution in [0, 0.1) is 0 Å². The van der Waals surface area contributed by atoms with Gasteiger partial charge in [-0.1, -0.05) is 6.08 Å². The van der Waals surface area contributed by atoms with Crippen molar-refractivity contribution in [2.24, 2.45) is 0 Å². The Morgan fingerprint density at radius 3 is 2.89 bits per heavy atom. The standard InChI is InChI=1S/C15H17NO2/c1-16-7-5-11(6-8-16)14-9-12-3-4-13(17-2)10-15(12)18-14/h3-5,9-10H,6-8H2,1-2H3. The highest BCUT2D eigenvalue weighted by molar-refractivity contribution is 5.83. The lowest BCUT2D eigenvalue weighted by Crippen LogP contribution is -2.23. The first kappa shape index (κ1) is 11.4. The highest BCUT2D eigenvalue weighted by atomic mass is 16.5. The van der Waals surface area contributed by atoms with Gasteiger partial charge in [0.25, 0.3) is 0 Å². The zero-order chi connectivity index (χ0) is 12.5. The van der Waals surface area contributed by atoms with Gasteiger partial charge in [0.05, 0.1) is 7.11 Å². The Bertz CT molecular complexity index is 598. The molecule has 0 N–H and O–H groups in total. The maximum atomic E-state index is 5.92. The molecule has 0 fully saturated rings. The highest BCUT2D eigenvalue weighted by Gasteiger charge is 2.13. The van der Waals surface area contributed by atoms with Crippen LogP contribution >= 0.6 is 0 Å². The molecule has 0 spiro atoms. The van der Waals surface area contributed by atoms with E-state index in [1.165, 1.54) is 5.57 Å². The molecule has 3 heteroatoms. The molecule has 0 atom stereocenters. The number of benzene rings is 1. The molecule has 0 unspecified atom stereocenters. The summed E-state index contributed by atoms with van der Waals surface area (Å²) >= 11 is 0. The second-order valence-corrected chi connectivity index (χ2v) is 4.76. The minimum absolute atomic E-state index is 0.834. The molecule has 3 rings (SSSR count). The van der Waals surface area contributed by atoms with Crippen molar-refractivity contribution in [1.29, 1.82) is 0 Å². The van der Waals surface area contributed by atoms with Crippen LogP contribution in [0.1, 0.15) is 12.2 Å². The molecule has 1 aromatic heterocycles. The number of furan rings is 1. The molecule has 1 aromatic carbocycles. The van der Waals surface area contributed by atoms with Gasteiger partial charge in [0.1, 0.15) is 17.1 Å². The van der Waals surface area contributed by atoms with Crippen LogP contribution in [0.15, 0.2) is 34.8 Å². The van der Waals surface area contributed by atoms with Gasteiger partial charge < -0.3 is 14.1 Å². The zero-order valence-electron chi connectivity index (χ0n) is 10.8. The number of rotatable bonds is 2. The van der Waals surface area contributed by atoms with Gasteiger partial charge in [-0.25, -0.2) is 0 Å². The van der Waals surface area contributed by atoms with Crippen molar-refractivity contribution in [2.45, 2.75) is 6.42 Å². The lowest BCUT2D eigenvalue weighted by Gasteiger charge is -2.20. The number of likely N-dealkylation sites (N-methyl/N-ethyl adjacent to an activating group) is 1. The van der Waals surface area contributed by atoms with E-state index in [1.807, 2.05) is 18.2 Å². The highest BCUT2D eigenvalue weighted by Crippen LogP contribution is 2.30. The Morgan fingerprint density at radius 2 is 2.17 bits per heavy atom. The molecule has 0 saturated heterocycles. The van der Waals surface area contributed by atoms with E-state index >= 15 is 0 Å². The summed E-state index contributed by atoms with van der Waals surface area (Å²) in [5.74, 6) is 1.83. The van der Waals surface area contributed by atoms with E-state index in [9.17, 15) is 0 Å². The van der Waals surface area contributed by atoms with Crippen LogP contribution in [0.4, 0.5) is 0 Å². The van der Waals surface area contributed by atoms with Gasteiger partial charge in [-0.15, -0.1) is 0 Å². The molecular weight excluding hydrogens is 226 g/mol. The first-order chi connectivity index (χ1) is 8.76. The summed E-state index contributed by atoms with van der Waals surface area (Å²) in [7, 11) is 3.81. The van der Waals surface area contributed by atoms with Gasteiger partial charge in [0, 0.05) is 24.5 Å². The van der Waals surface area contributed by atoms with Crippen LogP contribution < -0.4 is 4.74 Å². The van der Waals surface area contributed by atoms with Gasteiger partial charge in [-0.05, 0) is 37.2 Å². The molecule has 18 heavy (non-hydrogen) atoms. The minimum Gasteiger partial charge on any atom is -0.497 e. The zero-order valence-corrected chi connectivity index (χ0v) is 10.8. The molecule has 1 aliphatic rings. The van der Waals surface area contributed by atoms with Crippen molar-refractivity contribution >= 4 is 16.5 Å². The summed E-state index contributed by atoms with van der Waals surface area (Å²) in [6.45, 7) is 2.09. The molecule has 2 heterocycles. The summed E-state index contributed by atoms with van der Waals surface area (Å²) in [4.78, 5) is 2.30. The number of hydrogen-bond acceptors (Lipinski definition) is 3. The van der Waals surface area contributed by atoms with Crippen molar-refractivity contribution in [2.75, 3.05) is 27.2 Å². The average Bonchev–Trinajstić information content (AvgIpc) is 2.82. The minimum atomic E-state index is 0.834. The van der Waals surface area contributed by atoms with Gasteiger partial charge in [-0.2, -0.15) is 0 Å². The van der Waals surface area contributed by atoms with Crippen molar-refractivity contribution < 1.29 is 9.15 Å². The van der Waals surface area contributed by atoms with Crippen LogP contribution in [0.5, 0.6) is 5.75 Å². The number of hydrogen-bond donors (Lipinski definition) is 0.